The second kappa shape index (κ2) is 11.8. The number of carbonyl (C=O) groups excluding carboxylic acids is 1. The number of likely N-dealkylation sites (N-methyl/N-ethyl adjacent to an activating group) is 1. The Hall–Kier alpha value is -3.66. The van der Waals surface area contributed by atoms with E-state index in [4.69, 9.17) is 10.5 Å². The number of thiophene rings is 1. The van der Waals surface area contributed by atoms with Crippen LogP contribution in [0.5, 0.6) is 5.75 Å². The summed E-state index contributed by atoms with van der Waals surface area (Å²) in [6, 6.07) is 13.6. The van der Waals surface area contributed by atoms with Gasteiger partial charge in [-0.1, -0.05) is 48.0 Å². The monoisotopic (exact) mass is 617 g/mol. The minimum absolute atomic E-state index is 0.212. The summed E-state index contributed by atoms with van der Waals surface area (Å²) in [5.41, 5.74) is 11.5. The molecule has 3 aromatic heterocycles. The molecule has 3 N–H and O–H groups in total. The fourth-order valence-electron chi connectivity index (χ4n) is 4.92. The van der Waals surface area contributed by atoms with Crippen molar-refractivity contribution in [2.24, 2.45) is 7.05 Å². The maximum atomic E-state index is 13.3. The number of nitrogens with two attached hydrogens (primary N) is 1. The zero-order valence-electron chi connectivity index (χ0n) is 23.0. The summed E-state index contributed by atoms with van der Waals surface area (Å²) < 4.78 is 9.65. The van der Waals surface area contributed by atoms with Crippen LogP contribution >= 0.6 is 27.3 Å². The zero-order chi connectivity index (χ0) is 28.4. The van der Waals surface area contributed by atoms with Crippen molar-refractivity contribution in [2.45, 2.75) is 13.8 Å². The van der Waals surface area contributed by atoms with Crippen LogP contribution in [0.25, 0.3) is 38.2 Å². The normalized spacial score (nSPS) is 11.8. The summed E-state index contributed by atoms with van der Waals surface area (Å²) >= 11 is 5.15. The molecule has 40 heavy (non-hydrogen) atoms. The molecule has 0 saturated carbocycles. The van der Waals surface area contributed by atoms with Crippen LogP contribution in [0.2, 0.25) is 0 Å². The van der Waals surface area contributed by atoms with Gasteiger partial charge in [0.05, 0.1) is 12.8 Å². The molecule has 0 aliphatic rings. The molecular weight excluding hydrogens is 586 g/mol. The minimum Gasteiger partial charge on any atom is -0.495 e. The number of carbonyl (C=O) groups is 1. The van der Waals surface area contributed by atoms with Crippen molar-refractivity contribution in [1.82, 2.24) is 14.5 Å². The van der Waals surface area contributed by atoms with Gasteiger partial charge in [-0.15, -0.1) is 11.3 Å². The minimum atomic E-state index is -0.212. The van der Waals surface area contributed by atoms with Gasteiger partial charge in [0.25, 0.3) is 5.91 Å². The van der Waals surface area contributed by atoms with Crippen molar-refractivity contribution in [3.8, 4) is 16.9 Å². The third kappa shape index (κ3) is 5.37. The maximum Gasteiger partial charge on any atom is 0.272 e. The largest absolute Gasteiger partial charge is 0.495 e. The van der Waals surface area contributed by atoms with Crippen LogP contribution in [0.1, 0.15) is 29.9 Å². The number of aromatic nitrogens is 2. The summed E-state index contributed by atoms with van der Waals surface area (Å²) in [5, 5.41) is 7.04. The molecule has 0 aliphatic heterocycles. The molecule has 9 heteroatoms. The standard InChI is InChI=1S/C31H32BrN5O2S/c1-5-37(6-2)13-7-8-20-17-34-30(33)28-23(18-40-29(20)28)19-9-11-24(27(16-19)39-4)35-31(38)26-15-21-14-22(32)10-12-25(21)36(26)3/h7-12,14-18H,5-6,13H2,1-4H3,(H2,33,34)(H,35,38)/b8-7+. The van der Waals surface area contributed by atoms with Gasteiger partial charge < -0.3 is 25.3 Å². The number of fused-ring (bicyclic) bond motifs is 2. The predicted octanol–water partition coefficient (Wildman–Crippen LogP) is 7.42. The molecule has 0 aliphatic carbocycles. The van der Waals surface area contributed by atoms with Crippen LogP contribution in [0.4, 0.5) is 11.5 Å². The van der Waals surface area contributed by atoms with E-state index in [-0.39, 0.29) is 5.91 Å². The van der Waals surface area contributed by atoms with Crippen LogP contribution in [-0.2, 0) is 7.05 Å². The van der Waals surface area contributed by atoms with Crippen molar-refractivity contribution < 1.29 is 9.53 Å². The number of nitrogen functional groups attached to an aromatic ring is 1. The summed E-state index contributed by atoms with van der Waals surface area (Å²) in [5.74, 6) is 0.843. The second-order valence-corrected chi connectivity index (χ2v) is 11.3. The molecule has 0 fully saturated rings. The molecule has 206 valence electrons. The molecule has 7 nitrogen and oxygen atoms in total. The molecule has 5 rings (SSSR count). The first kappa shape index (κ1) is 27.9. The number of benzene rings is 2. The number of nitrogens with one attached hydrogen (secondary N) is 1. The van der Waals surface area contributed by atoms with E-state index < -0.39 is 0 Å². The van der Waals surface area contributed by atoms with Crippen LogP contribution in [0, 0.1) is 0 Å². The number of amides is 1. The van der Waals surface area contributed by atoms with E-state index in [1.54, 1.807) is 18.4 Å². The number of aryl methyl sites for hydroxylation is 1. The number of rotatable bonds is 9. The van der Waals surface area contributed by atoms with Gasteiger partial charge in [-0.3, -0.25) is 4.79 Å². The summed E-state index contributed by atoms with van der Waals surface area (Å²) in [6.07, 6.45) is 6.13. The quantitative estimate of drug-likeness (QED) is 0.180. The van der Waals surface area contributed by atoms with Gasteiger partial charge in [0.1, 0.15) is 17.3 Å². The average molecular weight is 619 g/mol. The number of methoxy groups -OCH3 is 1. The van der Waals surface area contributed by atoms with Crippen molar-refractivity contribution in [2.75, 3.05) is 37.8 Å². The highest BCUT2D eigenvalue weighted by Gasteiger charge is 2.18. The van der Waals surface area contributed by atoms with E-state index in [0.29, 0.717) is 22.9 Å². The Balaban J connectivity index is 1.44. The Bertz CT molecular complexity index is 1740. The van der Waals surface area contributed by atoms with E-state index in [0.717, 1.165) is 61.8 Å². The third-order valence-electron chi connectivity index (χ3n) is 7.21. The fraction of sp³-hybridized carbons (Fsp3) is 0.226. The first-order valence-electron chi connectivity index (χ1n) is 13.1. The molecule has 2 aromatic carbocycles. The number of hydrogen-bond acceptors (Lipinski definition) is 6. The second-order valence-electron chi connectivity index (χ2n) is 9.50. The lowest BCUT2D eigenvalue weighted by Gasteiger charge is -2.14. The number of halogens is 1. The lowest BCUT2D eigenvalue weighted by Crippen LogP contribution is -2.22. The van der Waals surface area contributed by atoms with Crippen molar-refractivity contribution in [3.05, 3.63) is 75.8 Å². The smallest absolute Gasteiger partial charge is 0.272 e. The molecule has 0 saturated heterocycles. The molecule has 1 amide bonds. The summed E-state index contributed by atoms with van der Waals surface area (Å²) in [6.45, 7) is 7.24. The number of hydrogen-bond donors (Lipinski definition) is 2. The van der Waals surface area contributed by atoms with Crippen LogP contribution in [0.15, 0.2) is 64.6 Å². The average Bonchev–Trinajstić information content (AvgIpc) is 3.54. The molecule has 5 aromatic rings. The van der Waals surface area contributed by atoms with Gasteiger partial charge >= 0.3 is 0 Å². The Labute approximate surface area is 246 Å². The first-order chi connectivity index (χ1) is 19.3. The molecule has 0 radical (unpaired) electrons. The zero-order valence-corrected chi connectivity index (χ0v) is 25.4. The van der Waals surface area contributed by atoms with Crippen molar-refractivity contribution in [1.29, 1.82) is 0 Å². The van der Waals surface area contributed by atoms with E-state index >= 15 is 0 Å². The molecule has 0 unspecified atom stereocenters. The van der Waals surface area contributed by atoms with Crippen LogP contribution in [-0.4, -0.2) is 47.1 Å². The van der Waals surface area contributed by atoms with Gasteiger partial charge in [-0.05, 0) is 60.4 Å². The number of pyridine rings is 1. The maximum absolute atomic E-state index is 13.3. The Morgan fingerprint density at radius 1 is 1.20 bits per heavy atom. The fourth-order valence-corrected chi connectivity index (χ4v) is 6.37. The molecule has 3 heterocycles. The summed E-state index contributed by atoms with van der Waals surface area (Å²) in [4.78, 5) is 20.1. The Morgan fingerprint density at radius 2 is 2.00 bits per heavy atom. The highest BCUT2D eigenvalue weighted by molar-refractivity contribution is 9.10. The van der Waals surface area contributed by atoms with Gasteiger partial charge in [0.2, 0.25) is 0 Å². The van der Waals surface area contributed by atoms with E-state index in [9.17, 15) is 4.79 Å². The van der Waals surface area contributed by atoms with Gasteiger partial charge in [0.15, 0.2) is 0 Å². The Morgan fingerprint density at radius 3 is 2.75 bits per heavy atom. The molecular formula is C31H32BrN5O2S. The van der Waals surface area contributed by atoms with Gasteiger partial charge in [-0.25, -0.2) is 4.98 Å². The van der Waals surface area contributed by atoms with E-state index in [1.807, 2.05) is 60.3 Å². The predicted molar refractivity (Wildman–Crippen MR) is 171 cm³/mol. The highest BCUT2D eigenvalue weighted by atomic mass is 79.9. The molecule has 0 atom stereocenters. The van der Waals surface area contributed by atoms with E-state index in [2.05, 4.69) is 62.5 Å². The van der Waals surface area contributed by atoms with Crippen LogP contribution in [0.3, 0.4) is 0 Å². The van der Waals surface area contributed by atoms with Crippen molar-refractivity contribution in [3.63, 3.8) is 0 Å². The lowest BCUT2D eigenvalue weighted by atomic mass is 10.0. The van der Waals surface area contributed by atoms with Crippen molar-refractivity contribution >= 4 is 71.7 Å². The lowest BCUT2D eigenvalue weighted by molar-refractivity contribution is 0.101. The summed E-state index contributed by atoms with van der Waals surface area (Å²) in [7, 11) is 3.49. The Kier molecular flexibility index (Phi) is 8.25. The number of anilines is 2. The number of nitrogens with zero attached hydrogens (tertiary/aromatic N) is 3. The van der Waals surface area contributed by atoms with Crippen LogP contribution < -0.4 is 15.8 Å². The molecule has 0 bridgehead atoms. The van der Waals surface area contributed by atoms with E-state index in [1.165, 1.54) is 0 Å². The number of ether oxygens (including phenoxy) is 1. The van der Waals surface area contributed by atoms with Gasteiger partial charge in [-0.2, -0.15) is 0 Å². The van der Waals surface area contributed by atoms with Gasteiger partial charge in [0, 0.05) is 56.4 Å². The molecule has 0 spiro atoms. The first-order valence-corrected chi connectivity index (χ1v) is 14.8. The third-order valence-corrected chi connectivity index (χ3v) is 8.73. The SMILES string of the molecule is CCN(CC)C/C=C/c1cnc(N)c2c(-c3ccc(NC(=O)c4cc5cc(Br)ccc5n4C)c(OC)c3)csc12. The highest BCUT2D eigenvalue weighted by Crippen LogP contribution is 2.41. The topological polar surface area (TPSA) is 85.4 Å².